The molecule has 3 rings (SSSR count). The molecule has 3 aromatic rings. The smallest absolute Gasteiger partial charge is 0.264 e. The third kappa shape index (κ3) is 5.98. The van der Waals surface area contributed by atoms with Crippen molar-refractivity contribution in [2.75, 3.05) is 17.4 Å². The first kappa shape index (κ1) is 23.5. The molecule has 0 unspecified atom stereocenters. The van der Waals surface area contributed by atoms with Gasteiger partial charge in [-0.1, -0.05) is 54.1 Å². The molecule has 0 aliphatic rings. The van der Waals surface area contributed by atoms with Crippen molar-refractivity contribution >= 4 is 21.6 Å². The average molecular weight is 451 g/mol. The van der Waals surface area contributed by atoms with Crippen molar-refractivity contribution in [1.82, 2.24) is 5.32 Å². The van der Waals surface area contributed by atoms with E-state index in [4.69, 9.17) is 0 Å². The second kappa shape index (κ2) is 10.5. The Morgan fingerprint density at radius 1 is 0.875 bits per heavy atom. The number of hydrogen-bond acceptors (Lipinski definition) is 3. The van der Waals surface area contributed by atoms with Gasteiger partial charge in [0, 0.05) is 6.54 Å². The molecule has 0 aromatic heterocycles. The van der Waals surface area contributed by atoms with Crippen molar-refractivity contribution in [2.24, 2.45) is 0 Å². The Labute approximate surface area is 191 Å². The highest BCUT2D eigenvalue weighted by atomic mass is 32.2. The number of aryl methyl sites for hydroxylation is 4. The van der Waals surface area contributed by atoms with Crippen LogP contribution in [0.25, 0.3) is 0 Å². The maximum Gasteiger partial charge on any atom is 0.264 e. The lowest BCUT2D eigenvalue weighted by Gasteiger charge is -2.25. The molecule has 0 saturated carbocycles. The van der Waals surface area contributed by atoms with Gasteiger partial charge in [0.25, 0.3) is 10.0 Å². The Morgan fingerprint density at radius 3 is 2.22 bits per heavy atom. The Kier molecular flexibility index (Phi) is 7.70. The fourth-order valence-corrected chi connectivity index (χ4v) is 4.80. The quantitative estimate of drug-likeness (QED) is 0.486. The van der Waals surface area contributed by atoms with Gasteiger partial charge in [-0.05, 0) is 74.6 Å². The summed E-state index contributed by atoms with van der Waals surface area (Å²) in [5, 5.41) is 2.87. The molecule has 0 aliphatic heterocycles. The lowest BCUT2D eigenvalue weighted by molar-refractivity contribution is -0.119. The molecule has 0 saturated heterocycles. The number of rotatable bonds is 9. The minimum atomic E-state index is -3.90. The van der Waals surface area contributed by atoms with Crippen molar-refractivity contribution in [3.8, 4) is 0 Å². The molecular formula is C26H30N2O3S. The predicted octanol–water partition coefficient (Wildman–Crippen LogP) is 4.56. The summed E-state index contributed by atoms with van der Waals surface area (Å²) in [5.41, 5.74) is 4.69. The first-order valence-corrected chi connectivity index (χ1v) is 12.2. The van der Waals surface area contributed by atoms with Gasteiger partial charge >= 0.3 is 0 Å². The Balaban J connectivity index is 1.75. The molecule has 5 nitrogen and oxygen atoms in total. The number of amides is 1. The van der Waals surface area contributed by atoms with E-state index < -0.39 is 10.0 Å². The van der Waals surface area contributed by atoms with Crippen LogP contribution < -0.4 is 9.62 Å². The molecule has 6 heteroatoms. The molecule has 32 heavy (non-hydrogen) atoms. The van der Waals surface area contributed by atoms with Crippen LogP contribution in [0, 0.1) is 20.8 Å². The normalized spacial score (nSPS) is 11.2. The monoisotopic (exact) mass is 450 g/mol. The zero-order valence-corrected chi connectivity index (χ0v) is 19.7. The first-order chi connectivity index (χ1) is 15.3. The highest BCUT2D eigenvalue weighted by Crippen LogP contribution is 2.26. The van der Waals surface area contributed by atoms with Crippen molar-refractivity contribution in [2.45, 2.75) is 38.5 Å². The number of sulfonamides is 1. The SMILES string of the molecule is Cc1ccc(S(=O)(=O)N(CC(=O)NCCCc2ccccc2)c2ccc(C)c(C)c2)cc1. The first-order valence-electron chi connectivity index (χ1n) is 10.7. The van der Waals surface area contributed by atoms with E-state index in [9.17, 15) is 13.2 Å². The molecule has 1 amide bonds. The molecule has 0 fully saturated rings. The standard InChI is InChI=1S/C26H30N2O3S/c1-20-11-15-25(16-12-20)32(30,31)28(24-14-13-21(2)22(3)18-24)19-26(29)27-17-7-10-23-8-5-4-6-9-23/h4-6,8-9,11-16,18H,7,10,17,19H2,1-3H3,(H,27,29). The lowest BCUT2D eigenvalue weighted by Crippen LogP contribution is -2.41. The van der Waals surface area contributed by atoms with Crippen molar-refractivity contribution in [3.63, 3.8) is 0 Å². The third-order valence-corrected chi connectivity index (χ3v) is 7.27. The van der Waals surface area contributed by atoms with E-state index in [1.807, 2.05) is 51.1 Å². The summed E-state index contributed by atoms with van der Waals surface area (Å²) in [4.78, 5) is 12.9. The fourth-order valence-electron chi connectivity index (χ4n) is 3.38. The molecule has 0 bridgehead atoms. The molecule has 0 heterocycles. The van der Waals surface area contributed by atoms with Gasteiger partial charge in [0.05, 0.1) is 10.6 Å². The maximum absolute atomic E-state index is 13.4. The van der Waals surface area contributed by atoms with E-state index in [1.54, 1.807) is 30.3 Å². The van der Waals surface area contributed by atoms with E-state index >= 15 is 0 Å². The van der Waals surface area contributed by atoms with Crippen LogP contribution in [-0.4, -0.2) is 27.4 Å². The van der Waals surface area contributed by atoms with E-state index in [0.29, 0.717) is 12.2 Å². The Bertz CT molecular complexity index is 1160. The van der Waals surface area contributed by atoms with Gasteiger partial charge in [-0.25, -0.2) is 8.42 Å². The molecule has 1 N–H and O–H groups in total. The van der Waals surface area contributed by atoms with E-state index in [2.05, 4.69) is 17.4 Å². The highest BCUT2D eigenvalue weighted by Gasteiger charge is 2.27. The van der Waals surface area contributed by atoms with Gasteiger partial charge in [0.15, 0.2) is 0 Å². The highest BCUT2D eigenvalue weighted by molar-refractivity contribution is 7.92. The number of carbonyl (C=O) groups is 1. The average Bonchev–Trinajstić information content (AvgIpc) is 2.78. The molecule has 0 atom stereocenters. The summed E-state index contributed by atoms with van der Waals surface area (Å²) in [6, 6.07) is 22.2. The van der Waals surface area contributed by atoms with Crippen LogP contribution in [0.3, 0.4) is 0 Å². The van der Waals surface area contributed by atoms with Crippen LogP contribution in [0.1, 0.15) is 28.7 Å². The van der Waals surface area contributed by atoms with Gasteiger partial charge in [0.2, 0.25) is 5.91 Å². The van der Waals surface area contributed by atoms with Crippen LogP contribution >= 0.6 is 0 Å². The summed E-state index contributed by atoms with van der Waals surface area (Å²) in [5.74, 6) is -0.327. The largest absolute Gasteiger partial charge is 0.355 e. The van der Waals surface area contributed by atoms with Crippen LogP contribution in [0.2, 0.25) is 0 Å². The molecule has 168 valence electrons. The minimum Gasteiger partial charge on any atom is -0.355 e. The van der Waals surface area contributed by atoms with Crippen LogP contribution in [-0.2, 0) is 21.2 Å². The number of hydrogen-bond donors (Lipinski definition) is 1. The zero-order chi connectivity index (χ0) is 23.1. The van der Waals surface area contributed by atoms with Crippen molar-refractivity contribution in [3.05, 3.63) is 95.1 Å². The zero-order valence-electron chi connectivity index (χ0n) is 18.8. The fraction of sp³-hybridized carbons (Fsp3) is 0.269. The second-order valence-electron chi connectivity index (χ2n) is 8.03. The third-order valence-electron chi connectivity index (χ3n) is 5.48. The number of nitrogens with zero attached hydrogens (tertiary/aromatic N) is 1. The van der Waals surface area contributed by atoms with Gasteiger partial charge in [-0.3, -0.25) is 9.10 Å². The molecule has 0 spiro atoms. The van der Waals surface area contributed by atoms with E-state index in [0.717, 1.165) is 29.5 Å². The van der Waals surface area contributed by atoms with Gasteiger partial charge in [-0.2, -0.15) is 0 Å². The summed E-state index contributed by atoms with van der Waals surface area (Å²) >= 11 is 0. The Morgan fingerprint density at radius 2 is 1.56 bits per heavy atom. The number of nitrogens with one attached hydrogen (secondary N) is 1. The van der Waals surface area contributed by atoms with E-state index in [1.165, 1.54) is 9.87 Å². The molecule has 0 radical (unpaired) electrons. The predicted molar refractivity (Wildman–Crippen MR) is 129 cm³/mol. The van der Waals surface area contributed by atoms with Gasteiger partial charge in [-0.15, -0.1) is 0 Å². The van der Waals surface area contributed by atoms with Crippen LogP contribution in [0.15, 0.2) is 77.7 Å². The minimum absolute atomic E-state index is 0.165. The number of anilines is 1. The summed E-state index contributed by atoms with van der Waals surface area (Å²) < 4.78 is 28.1. The summed E-state index contributed by atoms with van der Waals surface area (Å²) in [7, 11) is -3.90. The van der Waals surface area contributed by atoms with Crippen LogP contribution in [0.5, 0.6) is 0 Å². The van der Waals surface area contributed by atoms with Crippen molar-refractivity contribution < 1.29 is 13.2 Å². The lowest BCUT2D eigenvalue weighted by atomic mass is 10.1. The molecule has 0 aliphatic carbocycles. The van der Waals surface area contributed by atoms with Gasteiger partial charge in [0.1, 0.15) is 6.54 Å². The van der Waals surface area contributed by atoms with E-state index in [-0.39, 0.29) is 17.3 Å². The summed E-state index contributed by atoms with van der Waals surface area (Å²) in [6.45, 7) is 6.01. The molecule has 3 aromatic carbocycles. The topological polar surface area (TPSA) is 66.5 Å². The Hall–Kier alpha value is -3.12. The second-order valence-corrected chi connectivity index (χ2v) is 9.89. The number of carbonyl (C=O) groups excluding carboxylic acids is 1. The maximum atomic E-state index is 13.4. The van der Waals surface area contributed by atoms with Gasteiger partial charge < -0.3 is 5.32 Å². The molecular weight excluding hydrogens is 420 g/mol. The summed E-state index contributed by atoms with van der Waals surface area (Å²) in [6.07, 6.45) is 1.63. The van der Waals surface area contributed by atoms with Crippen molar-refractivity contribution in [1.29, 1.82) is 0 Å². The van der Waals surface area contributed by atoms with Crippen LogP contribution in [0.4, 0.5) is 5.69 Å². The number of benzene rings is 3.